The standard InChI is InChI=1S/C33H38Cl3N3O4S/c1-4-31(33(41)37-26-8-6-5-7-9-26)38(20-24-13-14-25(34)18-30(24)36)32(40)21-39(27-15-12-23(3)29(35)19-27)44(42,43)28-16-10-22(2)11-17-28/h10-19,26,31H,4-9,20-21H2,1-3H3,(H,37,41)/t31-/m1/s1. The second-order valence-corrected chi connectivity index (χ2v) is 14.4. The van der Waals surface area contributed by atoms with Crippen molar-refractivity contribution in [1.29, 1.82) is 0 Å². The summed E-state index contributed by atoms with van der Waals surface area (Å²) in [6.45, 7) is 4.92. The lowest BCUT2D eigenvalue weighted by molar-refractivity contribution is -0.140. The minimum absolute atomic E-state index is 0.0154. The van der Waals surface area contributed by atoms with Crippen molar-refractivity contribution in [1.82, 2.24) is 10.2 Å². The Hall–Kier alpha value is -2.78. The van der Waals surface area contributed by atoms with Crippen LogP contribution >= 0.6 is 34.8 Å². The molecule has 1 saturated carbocycles. The fraction of sp³-hybridized carbons (Fsp3) is 0.394. The zero-order chi connectivity index (χ0) is 32.0. The lowest BCUT2D eigenvalue weighted by atomic mass is 9.95. The number of sulfonamides is 1. The molecule has 0 heterocycles. The number of aryl methyl sites for hydroxylation is 2. The van der Waals surface area contributed by atoms with Gasteiger partial charge in [0.1, 0.15) is 12.6 Å². The molecule has 1 aliphatic carbocycles. The van der Waals surface area contributed by atoms with E-state index < -0.39 is 28.5 Å². The number of nitrogens with one attached hydrogen (secondary N) is 1. The molecular formula is C33H38Cl3N3O4S. The fourth-order valence-electron chi connectivity index (χ4n) is 5.40. The largest absolute Gasteiger partial charge is 0.352 e. The molecule has 4 rings (SSSR count). The molecule has 0 aromatic heterocycles. The number of nitrogens with zero attached hydrogens (tertiary/aromatic N) is 2. The molecule has 0 unspecified atom stereocenters. The van der Waals surface area contributed by atoms with Crippen LogP contribution in [0.5, 0.6) is 0 Å². The first-order chi connectivity index (χ1) is 20.9. The van der Waals surface area contributed by atoms with Gasteiger partial charge in [-0.05, 0) is 80.6 Å². The Morgan fingerprint density at radius 1 is 0.909 bits per heavy atom. The molecule has 44 heavy (non-hydrogen) atoms. The predicted octanol–water partition coefficient (Wildman–Crippen LogP) is 7.72. The van der Waals surface area contributed by atoms with Gasteiger partial charge in [-0.1, -0.05) is 90.8 Å². The van der Waals surface area contributed by atoms with Crippen molar-refractivity contribution in [3.05, 3.63) is 92.4 Å². The first kappa shape index (κ1) is 34.1. The molecule has 0 bridgehead atoms. The zero-order valence-corrected chi connectivity index (χ0v) is 28.2. The minimum Gasteiger partial charge on any atom is -0.352 e. The van der Waals surface area contributed by atoms with Crippen LogP contribution in [0, 0.1) is 13.8 Å². The van der Waals surface area contributed by atoms with E-state index in [9.17, 15) is 18.0 Å². The van der Waals surface area contributed by atoms with Crippen LogP contribution < -0.4 is 9.62 Å². The third-order valence-electron chi connectivity index (χ3n) is 8.02. The molecule has 0 saturated heterocycles. The lowest BCUT2D eigenvalue weighted by Gasteiger charge is -2.34. The third kappa shape index (κ3) is 8.27. The Labute approximate surface area is 275 Å². The fourth-order valence-corrected chi connectivity index (χ4v) is 7.45. The molecule has 3 aromatic carbocycles. The number of benzene rings is 3. The van der Waals surface area contributed by atoms with Gasteiger partial charge in [-0.25, -0.2) is 8.42 Å². The van der Waals surface area contributed by atoms with Crippen molar-refractivity contribution >= 4 is 62.3 Å². The van der Waals surface area contributed by atoms with E-state index >= 15 is 0 Å². The Morgan fingerprint density at radius 2 is 1.59 bits per heavy atom. The average molecular weight is 679 g/mol. The molecule has 1 atom stereocenters. The summed E-state index contributed by atoms with van der Waals surface area (Å²) in [5.41, 5.74) is 2.47. The number of halogens is 3. The quantitative estimate of drug-likeness (QED) is 0.225. The molecule has 3 aromatic rings. The van der Waals surface area contributed by atoms with Gasteiger partial charge in [0, 0.05) is 27.7 Å². The summed E-state index contributed by atoms with van der Waals surface area (Å²) in [5.74, 6) is -0.835. The smallest absolute Gasteiger partial charge is 0.264 e. The van der Waals surface area contributed by atoms with E-state index in [4.69, 9.17) is 34.8 Å². The molecule has 1 fully saturated rings. The number of carbonyl (C=O) groups excluding carboxylic acids is 2. The summed E-state index contributed by atoms with van der Waals surface area (Å²) in [6.07, 6.45) is 5.30. The highest BCUT2D eigenvalue weighted by Gasteiger charge is 2.35. The molecule has 2 amide bonds. The van der Waals surface area contributed by atoms with Crippen LogP contribution in [0.2, 0.25) is 15.1 Å². The number of hydrogen-bond donors (Lipinski definition) is 1. The van der Waals surface area contributed by atoms with Gasteiger partial charge in [-0.3, -0.25) is 13.9 Å². The van der Waals surface area contributed by atoms with E-state index in [0.717, 1.165) is 47.5 Å². The minimum atomic E-state index is -4.21. The third-order valence-corrected chi connectivity index (χ3v) is 10.8. The first-order valence-electron chi connectivity index (χ1n) is 14.8. The van der Waals surface area contributed by atoms with E-state index in [2.05, 4.69) is 5.32 Å². The second kappa shape index (κ2) is 15.0. The molecule has 236 valence electrons. The van der Waals surface area contributed by atoms with Crippen molar-refractivity contribution in [2.75, 3.05) is 10.8 Å². The number of amides is 2. The van der Waals surface area contributed by atoms with E-state index in [1.165, 1.54) is 23.1 Å². The molecule has 1 aliphatic rings. The Bertz CT molecular complexity index is 1590. The van der Waals surface area contributed by atoms with E-state index in [0.29, 0.717) is 27.1 Å². The lowest BCUT2D eigenvalue weighted by Crippen LogP contribution is -2.54. The van der Waals surface area contributed by atoms with Crippen molar-refractivity contribution in [3.8, 4) is 0 Å². The van der Waals surface area contributed by atoms with Gasteiger partial charge in [0.25, 0.3) is 10.0 Å². The monoisotopic (exact) mass is 677 g/mol. The molecule has 7 nitrogen and oxygen atoms in total. The molecular weight excluding hydrogens is 641 g/mol. The molecule has 1 N–H and O–H groups in total. The van der Waals surface area contributed by atoms with Crippen LogP contribution in [0.25, 0.3) is 0 Å². The van der Waals surface area contributed by atoms with Gasteiger partial charge in [0.15, 0.2) is 0 Å². The highest BCUT2D eigenvalue weighted by atomic mass is 35.5. The highest BCUT2D eigenvalue weighted by Crippen LogP contribution is 2.30. The maximum absolute atomic E-state index is 14.3. The summed E-state index contributed by atoms with van der Waals surface area (Å²) in [7, 11) is -4.21. The number of carbonyl (C=O) groups is 2. The van der Waals surface area contributed by atoms with Gasteiger partial charge in [0.2, 0.25) is 11.8 Å². The first-order valence-corrected chi connectivity index (χ1v) is 17.4. The number of anilines is 1. The van der Waals surface area contributed by atoms with Gasteiger partial charge < -0.3 is 10.2 Å². The van der Waals surface area contributed by atoms with E-state index in [1.54, 1.807) is 42.5 Å². The van der Waals surface area contributed by atoms with Gasteiger partial charge in [-0.2, -0.15) is 0 Å². The van der Waals surface area contributed by atoms with Crippen LogP contribution in [0.4, 0.5) is 5.69 Å². The zero-order valence-electron chi connectivity index (χ0n) is 25.2. The Morgan fingerprint density at radius 3 is 2.20 bits per heavy atom. The topological polar surface area (TPSA) is 86.8 Å². The van der Waals surface area contributed by atoms with Gasteiger partial charge >= 0.3 is 0 Å². The van der Waals surface area contributed by atoms with Gasteiger partial charge in [-0.15, -0.1) is 0 Å². The van der Waals surface area contributed by atoms with Crippen molar-refractivity contribution in [2.24, 2.45) is 0 Å². The maximum atomic E-state index is 14.3. The van der Waals surface area contributed by atoms with Crippen LogP contribution in [-0.4, -0.2) is 43.8 Å². The molecule has 11 heteroatoms. The highest BCUT2D eigenvalue weighted by molar-refractivity contribution is 7.92. The number of rotatable bonds is 11. The Balaban J connectivity index is 1.74. The van der Waals surface area contributed by atoms with Gasteiger partial charge in [0.05, 0.1) is 10.6 Å². The van der Waals surface area contributed by atoms with E-state index in [1.807, 2.05) is 20.8 Å². The maximum Gasteiger partial charge on any atom is 0.264 e. The molecule has 0 aliphatic heterocycles. The predicted molar refractivity (Wildman–Crippen MR) is 178 cm³/mol. The summed E-state index contributed by atoms with van der Waals surface area (Å²) in [6, 6.07) is 15.4. The summed E-state index contributed by atoms with van der Waals surface area (Å²) in [5, 5.41) is 4.28. The molecule has 0 radical (unpaired) electrons. The molecule has 0 spiro atoms. The van der Waals surface area contributed by atoms with Crippen molar-refractivity contribution < 1.29 is 18.0 Å². The SMILES string of the molecule is CC[C@H](C(=O)NC1CCCCC1)N(Cc1ccc(Cl)cc1Cl)C(=O)CN(c1ccc(C)c(Cl)c1)S(=O)(=O)c1ccc(C)cc1. The van der Waals surface area contributed by atoms with E-state index in [-0.39, 0.29) is 29.1 Å². The normalized spacial score (nSPS) is 14.6. The van der Waals surface area contributed by atoms with Crippen LogP contribution in [0.15, 0.2) is 65.6 Å². The van der Waals surface area contributed by atoms with Crippen LogP contribution in [0.3, 0.4) is 0 Å². The summed E-state index contributed by atoms with van der Waals surface area (Å²) >= 11 is 19.1. The second-order valence-electron chi connectivity index (χ2n) is 11.3. The number of hydrogen-bond acceptors (Lipinski definition) is 4. The Kier molecular flexibility index (Phi) is 11.6. The van der Waals surface area contributed by atoms with Crippen molar-refractivity contribution in [3.63, 3.8) is 0 Å². The summed E-state index contributed by atoms with van der Waals surface area (Å²) in [4.78, 5) is 29.5. The van der Waals surface area contributed by atoms with Crippen molar-refractivity contribution in [2.45, 2.75) is 82.8 Å². The van der Waals surface area contributed by atoms with Crippen LogP contribution in [-0.2, 0) is 26.2 Å². The average Bonchev–Trinajstić information content (AvgIpc) is 2.99. The summed E-state index contributed by atoms with van der Waals surface area (Å²) < 4.78 is 29.2. The van der Waals surface area contributed by atoms with Crippen LogP contribution in [0.1, 0.15) is 62.1 Å².